The number of hydroxylamine groups is 2. The van der Waals surface area contributed by atoms with Crippen LogP contribution in [0.3, 0.4) is 0 Å². The average molecular weight is 846 g/mol. The van der Waals surface area contributed by atoms with Crippen molar-refractivity contribution in [3.63, 3.8) is 0 Å². The molecule has 60 heavy (non-hydrogen) atoms. The first-order valence-corrected chi connectivity index (χ1v) is 21.9. The Morgan fingerprint density at radius 2 is 1.72 bits per heavy atom. The summed E-state index contributed by atoms with van der Waals surface area (Å²) in [6.07, 6.45) is 1.60. The van der Waals surface area contributed by atoms with E-state index in [1.54, 1.807) is 17.1 Å². The number of carbonyl (C=O) groups excluding carboxylic acids is 3. The molecule has 7 rings (SSSR count). The van der Waals surface area contributed by atoms with Gasteiger partial charge in [-0.05, 0) is 36.8 Å². The molecule has 1 aliphatic carbocycles. The highest BCUT2D eigenvalue weighted by Gasteiger charge is 2.77. The summed E-state index contributed by atoms with van der Waals surface area (Å²) in [5.41, 5.74) is 0.0195. The minimum atomic E-state index is -1.57. The lowest BCUT2D eigenvalue weighted by Crippen LogP contribution is -2.70. The van der Waals surface area contributed by atoms with Crippen molar-refractivity contribution in [1.29, 1.82) is 0 Å². The van der Waals surface area contributed by atoms with Crippen molar-refractivity contribution in [2.75, 3.05) is 32.9 Å². The van der Waals surface area contributed by atoms with E-state index >= 15 is 4.79 Å². The topological polar surface area (TPSA) is 226 Å². The molecule has 17 nitrogen and oxygen atoms in total. The Morgan fingerprint density at radius 1 is 0.983 bits per heavy atom. The number of aliphatic hydroxyl groups excluding tert-OH is 5. The Morgan fingerprint density at radius 3 is 2.43 bits per heavy atom. The number of fused-ring (bicyclic) bond motifs is 4. The fourth-order valence-electron chi connectivity index (χ4n) is 10.1. The summed E-state index contributed by atoms with van der Waals surface area (Å²) < 4.78 is 31.3. The predicted molar refractivity (Wildman–Crippen MR) is 212 cm³/mol. The Kier molecular flexibility index (Phi) is 14.6. The number of rotatable bonds is 19. The summed E-state index contributed by atoms with van der Waals surface area (Å²) in [6.45, 7) is 3.85. The molecule has 17 heteroatoms. The van der Waals surface area contributed by atoms with Crippen molar-refractivity contribution in [3.8, 4) is 0 Å². The molecular weight excluding hydrogens is 782 g/mol. The van der Waals surface area contributed by atoms with Crippen molar-refractivity contribution in [1.82, 2.24) is 15.3 Å². The predicted octanol–water partition coefficient (Wildman–Crippen LogP) is 1.06. The number of likely N-dealkylation sites (tertiary alicyclic amines) is 1. The number of benzene rings is 1. The zero-order chi connectivity index (χ0) is 42.6. The van der Waals surface area contributed by atoms with Crippen LogP contribution in [-0.4, -0.2) is 159 Å². The molecule has 1 aromatic carbocycles. The molecule has 5 heterocycles. The first-order valence-electron chi connectivity index (χ1n) is 21.9. The van der Waals surface area contributed by atoms with Crippen LogP contribution in [0.2, 0.25) is 0 Å². The number of unbranched alkanes of at least 4 members (excludes halogenated alkanes) is 4. The molecule has 6 fully saturated rings. The molecule has 12 atom stereocenters. The van der Waals surface area contributed by atoms with Crippen molar-refractivity contribution in [2.45, 2.75) is 164 Å². The summed E-state index contributed by atoms with van der Waals surface area (Å²) in [4.78, 5) is 51.6. The number of amides is 2. The van der Waals surface area contributed by atoms with Gasteiger partial charge in [0.2, 0.25) is 11.8 Å². The molecule has 1 aromatic rings. The van der Waals surface area contributed by atoms with E-state index in [4.69, 9.17) is 28.5 Å². The summed E-state index contributed by atoms with van der Waals surface area (Å²) in [5, 5.41) is 53.9. The first-order chi connectivity index (χ1) is 29.0. The zero-order valence-electron chi connectivity index (χ0n) is 34.6. The molecule has 6 aliphatic rings. The van der Waals surface area contributed by atoms with Crippen molar-refractivity contribution in [3.05, 3.63) is 41.5 Å². The molecule has 2 amide bonds. The van der Waals surface area contributed by atoms with E-state index < -0.39 is 91.0 Å². The van der Waals surface area contributed by atoms with Gasteiger partial charge in [-0.25, -0.2) is 0 Å². The number of hydrogen-bond donors (Lipinski definition) is 6. The van der Waals surface area contributed by atoms with Gasteiger partial charge >= 0.3 is 5.97 Å². The number of aliphatic hydroxyl groups is 5. The first kappa shape index (κ1) is 45.0. The molecule has 5 aliphatic heterocycles. The largest absolute Gasteiger partial charge is 0.458 e. The van der Waals surface area contributed by atoms with Crippen LogP contribution in [0, 0.1) is 5.41 Å². The van der Waals surface area contributed by atoms with Crippen molar-refractivity contribution < 1.29 is 68.4 Å². The molecule has 12 unspecified atom stereocenters. The minimum Gasteiger partial charge on any atom is -0.458 e. The Hall–Kier alpha value is -3.07. The van der Waals surface area contributed by atoms with Crippen LogP contribution in [-0.2, 0) is 49.5 Å². The second kappa shape index (κ2) is 19.5. The van der Waals surface area contributed by atoms with E-state index in [0.717, 1.165) is 49.7 Å². The van der Waals surface area contributed by atoms with Gasteiger partial charge in [0.1, 0.15) is 60.3 Å². The standard InChI is InChI=1S/C43H63N3O14/c1-3-5-9-17-42(18-10-6-4-2)58-34-29-23-43(41(54)45-20-11-16-28(45)38(52)44-19-21-47)36(39(53)56-29)46(60-37(43)35(34)59-42)24-27-14-8-7-13-26(27)15-12-22-55-40-33(51)32(50)31(49)30(25-48)57-40/h7-8,12-15,28-37,40,47-51H,3-6,9-11,16-25H2,1-2H3,(H,44,52). The lowest BCUT2D eigenvalue weighted by atomic mass is 9.62. The van der Waals surface area contributed by atoms with Crippen LogP contribution in [0.4, 0.5) is 0 Å². The molecule has 6 N–H and O–H groups in total. The van der Waals surface area contributed by atoms with Gasteiger partial charge in [-0.1, -0.05) is 75.9 Å². The van der Waals surface area contributed by atoms with E-state index in [9.17, 15) is 35.1 Å². The Balaban J connectivity index is 1.18. The zero-order valence-corrected chi connectivity index (χ0v) is 34.6. The summed E-state index contributed by atoms with van der Waals surface area (Å²) >= 11 is 0. The van der Waals surface area contributed by atoms with Crippen LogP contribution in [0.1, 0.15) is 95.6 Å². The van der Waals surface area contributed by atoms with Gasteiger partial charge in [-0.2, -0.15) is 5.06 Å². The van der Waals surface area contributed by atoms with Crippen LogP contribution < -0.4 is 5.32 Å². The normalized spacial score (nSPS) is 35.8. The maximum atomic E-state index is 15.4. The molecule has 0 spiro atoms. The third kappa shape index (κ3) is 8.65. The highest BCUT2D eigenvalue weighted by Crippen LogP contribution is 2.59. The van der Waals surface area contributed by atoms with Gasteiger partial charge in [-0.15, -0.1) is 0 Å². The molecule has 2 bridgehead atoms. The van der Waals surface area contributed by atoms with Gasteiger partial charge in [0, 0.05) is 32.4 Å². The maximum absolute atomic E-state index is 15.4. The van der Waals surface area contributed by atoms with Gasteiger partial charge in [0.05, 0.1) is 26.4 Å². The Labute approximate surface area is 350 Å². The van der Waals surface area contributed by atoms with E-state index in [2.05, 4.69) is 19.2 Å². The van der Waals surface area contributed by atoms with E-state index in [-0.39, 0.29) is 44.5 Å². The molecule has 1 saturated carbocycles. The number of ether oxygens (including phenoxy) is 5. The molecular formula is C43H63N3O14. The molecule has 334 valence electrons. The molecule has 0 radical (unpaired) electrons. The SMILES string of the molecule is CCCCCC1(CCCCC)OC2C3CC4(C(=O)N5CCCC5C(=O)NCCO)C(ON(Cc5ccccc5C=CCOC5OC(CO)C(O)C(O)C5O)C4C(=O)O3)C2O1. The number of nitrogens with zero attached hydrogens (tertiary/aromatic N) is 2. The molecule has 0 aromatic heterocycles. The number of nitrogens with one attached hydrogen (secondary N) is 1. The lowest BCUT2D eigenvalue weighted by molar-refractivity contribution is -0.298. The average Bonchev–Trinajstić information content (AvgIpc) is 3.98. The van der Waals surface area contributed by atoms with Gasteiger partial charge in [0.25, 0.3) is 0 Å². The van der Waals surface area contributed by atoms with Crippen molar-refractivity contribution in [2.24, 2.45) is 5.41 Å². The van der Waals surface area contributed by atoms with Crippen LogP contribution >= 0.6 is 0 Å². The summed E-state index contributed by atoms with van der Waals surface area (Å²) in [6, 6.07) is 5.49. The van der Waals surface area contributed by atoms with Gasteiger partial charge < -0.3 is 59.4 Å². The van der Waals surface area contributed by atoms with Gasteiger partial charge in [-0.3, -0.25) is 19.2 Å². The third-order valence-corrected chi connectivity index (χ3v) is 13.1. The second-order valence-electron chi connectivity index (χ2n) is 17.0. The number of esters is 1. The molecule has 5 saturated heterocycles. The van der Waals surface area contributed by atoms with Crippen LogP contribution in [0.25, 0.3) is 6.08 Å². The third-order valence-electron chi connectivity index (χ3n) is 13.1. The van der Waals surface area contributed by atoms with Crippen molar-refractivity contribution >= 4 is 23.9 Å². The van der Waals surface area contributed by atoms with E-state index in [0.29, 0.717) is 32.2 Å². The van der Waals surface area contributed by atoms with Gasteiger partial charge in [0.15, 0.2) is 18.1 Å². The van der Waals surface area contributed by atoms with E-state index in [1.165, 1.54) is 5.06 Å². The monoisotopic (exact) mass is 845 g/mol. The quantitative estimate of drug-likeness (QED) is 0.0846. The highest BCUT2D eigenvalue weighted by atomic mass is 16.8. The second-order valence-corrected chi connectivity index (χ2v) is 17.0. The smallest absolute Gasteiger partial charge is 0.327 e. The Bertz CT molecular complexity index is 1670. The van der Waals surface area contributed by atoms with Crippen LogP contribution in [0.5, 0.6) is 0 Å². The summed E-state index contributed by atoms with van der Waals surface area (Å²) in [5.74, 6) is -2.27. The highest BCUT2D eigenvalue weighted by molar-refractivity contribution is 5.96. The minimum absolute atomic E-state index is 0.0554. The fourth-order valence-corrected chi connectivity index (χ4v) is 10.1. The fraction of sp³-hybridized carbons (Fsp3) is 0.744. The summed E-state index contributed by atoms with van der Waals surface area (Å²) in [7, 11) is 0. The van der Waals surface area contributed by atoms with Crippen LogP contribution in [0.15, 0.2) is 30.3 Å². The van der Waals surface area contributed by atoms with E-state index in [1.807, 2.05) is 24.3 Å². The number of hydrogen-bond acceptors (Lipinski definition) is 15. The lowest BCUT2D eigenvalue weighted by Gasteiger charge is -2.50. The number of carbonyl (C=O) groups is 3. The maximum Gasteiger partial charge on any atom is 0.327 e.